The number of hydrogen-bond donors (Lipinski definition) is 1. The number of nitrogens with zero attached hydrogens (tertiary/aromatic N) is 2. The van der Waals surface area contributed by atoms with Gasteiger partial charge in [-0.3, -0.25) is 4.68 Å². The fourth-order valence-electron chi connectivity index (χ4n) is 1.78. The maximum Gasteiger partial charge on any atom is 0.0869 e. The Morgan fingerprint density at radius 2 is 2.18 bits per heavy atom. The van der Waals surface area contributed by atoms with Gasteiger partial charge in [0.1, 0.15) is 0 Å². The van der Waals surface area contributed by atoms with Crippen molar-refractivity contribution in [3.8, 4) is 0 Å². The second-order valence-corrected chi connectivity index (χ2v) is 5.52. The lowest BCUT2D eigenvalue weighted by molar-refractivity contribution is 0.613. The molecule has 0 radical (unpaired) electrons. The molecule has 3 nitrogen and oxygen atoms in total. The number of thiophene rings is 1. The molecular weight excluding hydrogens is 277 g/mol. The van der Waals surface area contributed by atoms with Crippen LogP contribution in [0.4, 0.5) is 0 Å². The van der Waals surface area contributed by atoms with Crippen LogP contribution in [-0.2, 0) is 7.05 Å². The van der Waals surface area contributed by atoms with Gasteiger partial charge < -0.3 is 5.32 Å². The Bertz CT molecular complexity index is 513. The molecule has 0 bridgehead atoms. The molecule has 2 aromatic rings. The molecule has 0 amide bonds. The molecule has 0 spiro atoms. The van der Waals surface area contributed by atoms with Gasteiger partial charge in [-0.1, -0.05) is 23.2 Å². The van der Waals surface area contributed by atoms with Gasteiger partial charge >= 0.3 is 0 Å². The predicted octanol–water partition coefficient (Wildman–Crippen LogP) is 3.41. The van der Waals surface area contributed by atoms with Gasteiger partial charge in [0.25, 0.3) is 0 Å². The third-order valence-corrected chi connectivity index (χ3v) is 4.76. The summed E-state index contributed by atoms with van der Waals surface area (Å²) in [5.74, 6) is 0. The Hall–Kier alpha value is -0.550. The molecule has 0 saturated heterocycles. The van der Waals surface area contributed by atoms with Crippen molar-refractivity contribution in [1.29, 1.82) is 0 Å². The molecule has 0 aliphatic carbocycles. The largest absolute Gasteiger partial charge is 0.307 e. The molecule has 6 heteroatoms. The van der Waals surface area contributed by atoms with Crippen molar-refractivity contribution in [1.82, 2.24) is 15.1 Å². The molecule has 2 heterocycles. The molecular formula is C11H13Cl2N3S. The maximum atomic E-state index is 6.30. The van der Waals surface area contributed by atoms with Gasteiger partial charge in [-0.25, -0.2) is 0 Å². The van der Waals surface area contributed by atoms with E-state index in [9.17, 15) is 0 Å². The first-order valence-corrected chi connectivity index (χ1v) is 6.78. The van der Waals surface area contributed by atoms with Crippen molar-refractivity contribution in [3.05, 3.63) is 37.8 Å². The summed E-state index contributed by atoms with van der Waals surface area (Å²) >= 11 is 14.1. The summed E-state index contributed by atoms with van der Waals surface area (Å²) in [7, 11) is 3.76. The van der Waals surface area contributed by atoms with Crippen LogP contribution in [-0.4, -0.2) is 16.8 Å². The van der Waals surface area contributed by atoms with Crippen molar-refractivity contribution in [2.75, 3.05) is 7.05 Å². The third-order valence-electron chi connectivity index (χ3n) is 2.69. The summed E-state index contributed by atoms with van der Waals surface area (Å²) in [6.45, 7) is 2.00. The Morgan fingerprint density at radius 1 is 1.47 bits per heavy atom. The van der Waals surface area contributed by atoms with Crippen LogP contribution in [0.25, 0.3) is 0 Å². The van der Waals surface area contributed by atoms with Crippen LogP contribution in [0.5, 0.6) is 0 Å². The van der Waals surface area contributed by atoms with Gasteiger partial charge in [0.15, 0.2) is 0 Å². The van der Waals surface area contributed by atoms with Crippen LogP contribution in [0.3, 0.4) is 0 Å². The highest BCUT2D eigenvalue weighted by Crippen LogP contribution is 2.37. The summed E-state index contributed by atoms with van der Waals surface area (Å²) in [5, 5.41) is 10.9. The average molecular weight is 290 g/mol. The van der Waals surface area contributed by atoms with Crippen molar-refractivity contribution >= 4 is 34.5 Å². The third kappa shape index (κ3) is 2.22. The molecule has 2 aromatic heterocycles. The Balaban J connectivity index is 2.51. The molecule has 0 saturated carbocycles. The standard InChI is InChI=1S/C11H13Cl2N3S/c1-6-5-17-11(8(6)13)9(14-2)10-7(12)4-15-16(10)3/h4-5,9,14H,1-3H3. The summed E-state index contributed by atoms with van der Waals surface area (Å²) in [6, 6.07) is -0.0267. The van der Waals surface area contributed by atoms with Crippen molar-refractivity contribution < 1.29 is 0 Å². The van der Waals surface area contributed by atoms with Gasteiger partial charge in [-0.2, -0.15) is 5.10 Å². The number of nitrogens with one attached hydrogen (secondary N) is 1. The van der Waals surface area contributed by atoms with Crippen LogP contribution in [0.1, 0.15) is 22.2 Å². The van der Waals surface area contributed by atoms with Gasteiger partial charge in [-0.05, 0) is 24.9 Å². The topological polar surface area (TPSA) is 29.9 Å². The van der Waals surface area contributed by atoms with Crippen LogP contribution < -0.4 is 5.32 Å². The lowest BCUT2D eigenvalue weighted by Gasteiger charge is -2.16. The zero-order chi connectivity index (χ0) is 12.6. The highest BCUT2D eigenvalue weighted by Gasteiger charge is 2.23. The van der Waals surface area contributed by atoms with E-state index in [0.717, 1.165) is 21.2 Å². The minimum Gasteiger partial charge on any atom is -0.307 e. The molecule has 2 rings (SSSR count). The minimum absolute atomic E-state index is 0.0267. The van der Waals surface area contributed by atoms with Crippen molar-refractivity contribution in [2.45, 2.75) is 13.0 Å². The van der Waals surface area contributed by atoms with Crippen molar-refractivity contribution in [2.24, 2.45) is 7.05 Å². The normalized spacial score (nSPS) is 13.0. The molecule has 1 atom stereocenters. The molecule has 17 heavy (non-hydrogen) atoms. The summed E-state index contributed by atoms with van der Waals surface area (Å²) in [6.07, 6.45) is 1.65. The number of halogens is 2. The van der Waals surface area contributed by atoms with Crippen molar-refractivity contribution in [3.63, 3.8) is 0 Å². The quantitative estimate of drug-likeness (QED) is 0.939. The van der Waals surface area contributed by atoms with E-state index in [1.165, 1.54) is 0 Å². The smallest absolute Gasteiger partial charge is 0.0869 e. The van der Waals surface area contributed by atoms with E-state index >= 15 is 0 Å². The van der Waals surface area contributed by atoms with E-state index in [1.807, 2.05) is 26.4 Å². The van der Waals surface area contributed by atoms with E-state index in [2.05, 4.69) is 10.4 Å². The monoisotopic (exact) mass is 289 g/mol. The fourth-order valence-corrected chi connectivity index (χ4v) is 3.47. The Morgan fingerprint density at radius 3 is 2.59 bits per heavy atom. The lowest BCUT2D eigenvalue weighted by atomic mass is 10.1. The van der Waals surface area contributed by atoms with E-state index in [-0.39, 0.29) is 6.04 Å². The highest BCUT2D eigenvalue weighted by molar-refractivity contribution is 7.10. The van der Waals surface area contributed by atoms with Gasteiger partial charge in [0, 0.05) is 11.9 Å². The fraction of sp³-hybridized carbons (Fsp3) is 0.364. The lowest BCUT2D eigenvalue weighted by Crippen LogP contribution is -2.20. The van der Waals surface area contributed by atoms with E-state index in [0.29, 0.717) is 5.02 Å². The molecule has 0 fully saturated rings. The molecule has 0 aliphatic rings. The second kappa shape index (κ2) is 4.98. The number of rotatable bonds is 3. The van der Waals surface area contributed by atoms with Crippen LogP contribution in [0.2, 0.25) is 10.0 Å². The first kappa shape index (κ1) is 12.9. The number of hydrogen-bond acceptors (Lipinski definition) is 3. The maximum absolute atomic E-state index is 6.30. The average Bonchev–Trinajstić information content (AvgIpc) is 2.79. The summed E-state index contributed by atoms with van der Waals surface area (Å²) in [4.78, 5) is 1.07. The molecule has 1 N–H and O–H groups in total. The minimum atomic E-state index is -0.0267. The van der Waals surface area contributed by atoms with Gasteiger partial charge in [0.2, 0.25) is 0 Å². The van der Waals surface area contributed by atoms with E-state index in [4.69, 9.17) is 23.2 Å². The summed E-state index contributed by atoms with van der Waals surface area (Å²) < 4.78 is 1.77. The second-order valence-electron chi connectivity index (χ2n) is 3.82. The van der Waals surface area contributed by atoms with Crippen LogP contribution in [0, 0.1) is 6.92 Å². The van der Waals surface area contributed by atoms with Gasteiger partial charge in [0.05, 0.1) is 28.0 Å². The molecule has 0 aliphatic heterocycles. The van der Waals surface area contributed by atoms with E-state index < -0.39 is 0 Å². The molecule has 1 unspecified atom stereocenters. The predicted molar refractivity (Wildman–Crippen MR) is 73.2 cm³/mol. The SMILES string of the molecule is CNC(c1scc(C)c1Cl)c1c(Cl)cnn1C. The molecule has 92 valence electrons. The Labute approximate surface area is 114 Å². The highest BCUT2D eigenvalue weighted by atomic mass is 35.5. The first-order chi connectivity index (χ1) is 8.06. The molecule has 0 aromatic carbocycles. The summed E-state index contributed by atoms with van der Waals surface area (Å²) in [5.41, 5.74) is 2.02. The number of aromatic nitrogens is 2. The van der Waals surface area contributed by atoms with Gasteiger partial charge in [-0.15, -0.1) is 11.3 Å². The van der Waals surface area contributed by atoms with E-state index in [1.54, 1.807) is 22.2 Å². The van der Waals surface area contributed by atoms with Crippen LogP contribution in [0.15, 0.2) is 11.6 Å². The van der Waals surface area contributed by atoms with Crippen LogP contribution >= 0.6 is 34.5 Å². The zero-order valence-electron chi connectivity index (χ0n) is 9.79. The number of aryl methyl sites for hydroxylation is 2. The Kier molecular flexibility index (Phi) is 3.78. The first-order valence-electron chi connectivity index (χ1n) is 5.14. The zero-order valence-corrected chi connectivity index (χ0v) is 12.1.